The molecule has 0 saturated carbocycles. The fourth-order valence-electron chi connectivity index (χ4n) is 1.36. The van der Waals surface area contributed by atoms with Crippen LogP contribution >= 0.6 is 0 Å². The summed E-state index contributed by atoms with van der Waals surface area (Å²) in [6.45, 7) is 15.8. The highest BCUT2D eigenvalue weighted by Gasteiger charge is 2.00. The molecule has 26 heavy (non-hydrogen) atoms. The molecule has 0 atom stereocenters. The second kappa shape index (κ2) is 18.6. The summed E-state index contributed by atoms with van der Waals surface area (Å²) in [7, 11) is 0. The van der Waals surface area contributed by atoms with Gasteiger partial charge in [0.2, 0.25) is 0 Å². The fraction of sp³-hybridized carbons (Fsp3) is 0.381. The second-order valence-corrected chi connectivity index (χ2v) is 4.26. The lowest BCUT2D eigenvalue weighted by atomic mass is 10.2. The van der Waals surface area contributed by atoms with Crippen LogP contribution in [0.1, 0.15) is 63.0 Å². The summed E-state index contributed by atoms with van der Waals surface area (Å²) < 4.78 is 0. The number of non-ortho nitro benzene ring substituents is 1. The predicted molar refractivity (Wildman–Crippen MR) is 110 cm³/mol. The molecule has 2 aromatic carbocycles. The lowest BCUT2D eigenvalue weighted by Crippen LogP contribution is -1.94. The van der Waals surface area contributed by atoms with Crippen molar-refractivity contribution in [2.24, 2.45) is 0 Å². The number of nitro groups is 1. The highest BCUT2D eigenvalue weighted by molar-refractivity contribution is 5.87. The van der Waals surface area contributed by atoms with Gasteiger partial charge in [0.05, 0.1) is 10.5 Å². The van der Waals surface area contributed by atoms with Crippen LogP contribution in [-0.4, -0.2) is 16.0 Å². The summed E-state index contributed by atoms with van der Waals surface area (Å²) in [5.74, 6) is -0.875. The molecule has 0 spiro atoms. The lowest BCUT2D eigenvalue weighted by molar-refractivity contribution is -0.384. The number of aromatic carboxylic acids is 1. The highest BCUT2D eigenvalue weighted by Crippen LogP contribution is 2.10. The van der Waals surface area contributed by atoms with E-state index < -0.39 is 10.9 Å². The zero-order valence-electron chi connectivity index (χ0n) is 17.2. The minimum absolute atomic E-state index is 0.144. The smallest absolute Gasteiger partial charge is 0.335 e. The van der Waals surface area contributed by atoms with Crippen LogP contribution < -0.4 is 0 Å². The van der Waals surface area contributed by atoms with E-state index >= 15 is 0 Å². The number of benzene rings is 2. The molecule has 1 N–H and O–H groups in total. The monoisotopic (exact) mass is 363 g/mol. The SMILES string of the molecule is CC.CC.CC.Cc1ccc(C(=O)O)cc1.Cc1ccc([N+](=O)[O-])cc1. The maximum absolute atomic E-state index is 10.3. The summed E-state index contributed by atoms with van der Waals surface area (Å²) in [5.41, 5.74) is 2.59. The van der Waals surface area contributed by atoms with Crippen molar-refractivity contribution in [2.75, 3.05) is 0 Å². The molecular formula is C21H33NO4. The van der Waals surface area contributed by atoms with E-state index in [0.29, 0.717) is 5.56 Å². The van der Waals surface area contributed by atoms with Crippen LogP contribution in [0.5, 0.6) is 0 Å². The summed E-state index contributed by atoms with van der Waals surface area (Å²) in [4.78, 5) is 20.0. The van der Waals surface area contributed by atoms with E-state index in [2.05, 4.69) is 0 Å². The zero-order valence-corrected chi connectivity index (χ0v) is 17.2. The molecule has 0 saturated heterocycles. The molecule has 0 aromatic heterocycles. The molecule has 2 aromatic rings. The third-order valence-electron chi connectivity index (χ3n) is 2.54. The number of hydrogen-bond donors (Lipinski definition) is 1. The van der Waals surface area contributed by atoms with Crippen LogP contribution in [0.3, 0.4) is 0 Å². The molecule has 0 aliphatic rings. The normalized spacial score (nSPS) is 7.85. The Balaban J connectivity index is -0.000000316. The molecule has 2 rings (SSSR count). The van der Waals surface area contributed by atoms with Crippen molar-refractivity contribution in [1.82, 2.24) is 0 Å². The highest BCUT2D eigenvalue weighted by atomic mass is 16.6. The van der Waals surface area contributed by atoms with Crippen LogP contribution in [-0.2, 0) is 0 Å². The number of nitro benzene ring substituents is 1. The van der Waals surface area contributed by atoms with Crippen LogP contribution in [0.25, 0.3) is 0 Å². The first kappa shape index (κ1) is 28.1. The average Bonchev–Trinajstić information content (AvgIpc) is 2.68. The van der Waals surface area contributed by atoms with E-state index in [9.17, 15) is 14.9 Å². The van der Waals surface area contributed by atoms with Gasteiger partial charge in [-0.3, -0.25) is 10.1 Å². The van der Waals surface area contributed by atoms with Gasteiger partial charge in [0.1, 0.15) is 0 Å². The van der Waals surface area contributed by atoms with Crippen LogP contribution in [0.15, 0.2) is 48.5 Å². The quantitative estimate of drug-likeness (QED) is 0.477. The van der Waals surface area contributed by atoms with Crippen molar-refractivity contribution in [2.45, 2.75) is 55.4 Å². The summed E-state index contributed by atoms with van der Waals surface area (Å²) in [6, 6.07) is 13.2. The van der Waals surface area contributed by atoms with Crippen molar-refractivity contribution in [3.63, 3.8) is 0 Å². The van der Waals surface area contributed by atoms with Crippen molar-refractivity contribution in [3.8, 4) is 0 Å². The Bertz CT molecular complexity index is 535. The first-order valence-electron chi connectivity index (χ1n) is 8.91. The van der Waals surface area contributed by atoms with Gasteiger partial charge in [-0.15, -0.1) is 0 Å². The minimum Gasteiger partial charge on any atom is -0.478 e. The molecule has 0 amide bonds. The maximum atomic E-state index is 10.3. The van der Waals surface area contributed by atoms with Crippen LogP contribution in [0.2, 0.25) is 0 Å². The Morgan fingerprint density at radius 1 is 0.769 bits per heavy atom. The third kappa shape index (κ3) is 13.7. The number of hydrogen-bond acceptors (Lipinski definition) is 3. The Labute approximate surface area is 157 Å². The van der Waals surface area contributed by atoms with Crippen molar-refractivity contribution in [1.29, 1.82) is 0 Å². The molecule has 5 nitrogen and oxygen atoms in total. The number of carbonyl (C=O) groups is 1. The zero-order chi connectivity index (χ0) is 21.1. The molecule has 5 heteroatoms. The Kier molecular flexibility index (Phi) is 20.2. The van der Waals surface area contributed by atoms with Crippen molar-refractivity contribution in [3.05, 3.63) is 75.3 Å². The van der Waals surface area contributed by atoms with Gasteiger partial charge in [-0.1, -0.05) is 76.9 Å². The number of carboxylic acid groups (broad SMARTS) is 1. The summed E-state index contributed by atoms with van der Waals surface area (Å²) in [5, 5.41) is 18.6. The Morgan fingerprint density at radius 2 is 1.08 bits per heavy atom. The maximum Gasteiger partial charge on any atom is 0.335 e. The summed E-state index contributed by atoms with van der Waals surface area (Å²) in [6.07, 6.45) is 0. The fourth-order valence-corrected chi connectivity index (χ4v) is 1.36. The third-order valence-corrected chi connectivity index (χ3v) is 2.54. The number of nitrogens with zero attached hydrogens (tertiary/aromatic N) is 1. The predicted octanol–water partition coefficient (Wildman–Crippen LogP) is 6.68. The van der Waals surface area contributed by atoms with Gasteiger partial charge in [0.25, 0.3) is 5.69 Å². The average molecular weight is 363 g/mol. The van der Waals surface area contributed by atoms with Gasteiger partial charge in [0, 0.05) is 12.1 Å². The molecule has 0 aliphatic heterocycles. The van der Waals surface area contributed by atoms with Crippen LogP contribution in [0, 0.1) is 24.0 Å². The number of aryl methyl sites for hydroxylation is 2. The van der Waals surface area contributed by atoms with Crippen molar-refractivity contribution < 1.29 is 14.8 Å². The molecule has 146 valence electrons. The van der Waals surface area contributed by atoms with Gasteiger partial charge < -0.3 is 5.11 Å². The van der Waals surface area contributed by atoms with Crippen LogP contribution in [0.4, 0.5) is 5.69 Å². The molecule has 0 heterocycles. The number of carboxylic acids is 1. The molecule has 0 aliphatic carbocycles. The summed E-state index contributed by atoms with van der Waals surface area (Å²) >= 11 is 0. The van der Waals surface area contributed by atoms with Crippen molar-refractivity contribution >= 4 is 11.7 Å². The standard InChI is InChI=1S/C8H8O2.C7H7NO2.3C2H6/c2*1-6-2-4-7(5-3-6)8(9)10;3*1-2/h2-5H,1H3,(H,9,10);2-5H,1H3;3*1-2H3. The number of rotatable bonds is 2. The lowest BCUT2D eigenvalue weighted by Gasteiger charge is -1.92. The second-order valence-electron chi connectivity index (χ2n) is 4.26. The first-order valence-corrected chi connectivity index (χ1v) is 8.91. The molecular weight excluding hydrogens is 330 g/mol. The Morgan fingerprint density at radius 3 is 1.35 bits per heavy atom. The van der Waals surface area contributed by atoms with E-state index in [0.717, 1.165) is 11.1 Å². The topological polar surface area (TPSA) is 80.4 Å². The largest absolute Gasteiger partial charge is 0.478 e. The van der Waals surface area contributed by atoms with E-state index in [1.807, 2.05) is 55.4 Å². The van der Waals surface area contributed by atoms with Gasteiger partial charge in [0.15, 0.2) is 0 Å². The van der Waals surface area contributed by atoms with Gasteiger partial charge >= 0.3 is 5.97 Å². The minimum atomic E-state index is -0.875. The van der Waals surface area contributed by atoms with E-state index in [1.54, 1.807) is 36.4 Å². The molecule has 0 fully saturated rings. The van der Waals surface area contributed by atoms with E-state index in [1.165, 1.54) is 12.1 Å². The Hall–Kier alpha value is -2.69. The first-order chi connectivity index (χ1) is 12.4. The molecule has 0 bridgehead atoms. The molecule has 0 radical (unpaired) electrons. The van der Waals surface area contributed by atoms with E-state index in [-0.39, 0.29) is 5.69 Å². The van der Waals surface area contributed by atoms with Gasteiger partial charge in [-0.25, -0.2) is 4.79 Å². The van der Waals surface area contributed by atoms with E-state index in [4.69, 9.17) is 5.11 Å². The molecule has 0 unspecified atom stereocenters. The van der Waals surface area contributed by atoms with Gasteiger partial charge in [-0.2, -0.15) is 0 Å². The van der Waals surface area contributed by atoms with Gasteiger partial charge in [-0.05, 0) is 26.0 Å².